The zero-order valence-electron chi connectivity index (χ0n) is 13.4. The van der Waals surface area contributed by atoms with Crippen molar-refractivity contribution in [2.75, 3.05) is 5.75 Å². The fraction of sp³-hybridized carbons (Fsp3) is 0.438. The van der Waals surface area contributed by atoms with Crippen molar-refractivity contribution < 1.29 is 8.42 Å². The Morgan fingerprint density at radius 2 is 1.82 bits per heavy atom. The van der Waals surface area contributed by atoms with Crippen LogP contribution >= 0.6 is 11.3 Å². The normalized spacial score (nSPS) is 13.3. The van der Waals surface area contributed by atoms with Crippen molar-refractivity contribution >= 4 is 21.2 Å². The van der Waals surface area contributed by atoms with Crippen molar-refractivity contribution in [3.05, 3.63) is 45.4 Å². The summed E-state index contributed by atoms with van der Waals surface area (Å²) in [5.41, 5.74) is 2.06. The zero-order chi connectivity index (χ0) is 16.3. The van der Waals surface area contributed by atoms with Crippen molar-refractivity contribution in [1.29, 1.82) is 0 Å². The lowest BCUT2D eigenvalue weighted by Crippen LogP contribution is -2.32. The molecule has 22 heavy (non-hydrogen) atoms. The molecule has 1 heterocycles. The summed E-state index contributed by atoms with van der Waals surface area (Å²) >= 11 is 1.66. The van der Waals surface area contributed by atoms with Gasteiger partial charge in [-0.25, -0.2) is 13.4 Å². The van der Waals surface area contributed by atoms with Gasteiger partial charge in [-0.05, 0) is 39.8 Å². The number of hydrogen-bond donors (Lipinski definition) is 1. The largest absolute Gasteiger partial charge is 0.308 e. The predicted octanol–water partition coefficient (Wildman–Crippen LogP) is 3.02. The molecule has 1 aromatic heterocycles. The summed E-state index contributed by atoms with van der Waals surface area (Å²) in [6.07, 6.45) is 0. The Balaban J connectivity index is 1.97. The Hall–Kier alpha value is -1.24. The Morgan fingerprint density at radius 1 is 1.18 bits per heavy atom. The first kappa shape index (κ1) is 17.1. The molecule has 0 unspecified atom stereocenters. The maximum Gasteiger partial charge on any atom is 0.179 e. The van der Waals surface area contributed by atoms with Gasteiger partial charge in [0.25, 0.3) is 0 Å². The number of sulfone groups is 1. The van der Waals surface area contributed by atoms with Gasteiger partial charge < -0.3 is 5.32 Å². The van der Waals surface area contributed by atoms with E-state index in [9.17, 15) is 8.42 Å². The maximum absolute atomic E-state index is 12.4. The molecule has 6 heteroatoms. The second-order valence-electron chi connectivity index (χ2n) is 5.61. The van der Waals surface area contributed by atoms with Crippen molar-refractivity contribution in [1.82, 2.24) is 10.3 Å². The van der Waals surface area contributed by atoms with Gasteiger partial charge in [0.2, 0.25) is 0 Å². The van der Waals surface area contributed by atoms with E-state index in [1.54, 1.807) is 23.5 Å². The Labute approximate surface area is 136 Å². The van der Waals surface area contributed by atoms with E-state index in [-0.39, 0.29) is 11.8 Å². The molecule has 1 aromatic carbocycles. The summed E-state index contributed by atoms with van der Waals surface area (Å²) in [5.74, 6) is 0.0816. The third-order valence-corrected chi connectivity index (χ3v) is 6.32. The number of rotatable bonds is 6. The molecule has 4 nitrogen and oxygen atoms in total. The van der Waals surface area contributed by atoms with Gasteiger partial charge in [0.1, 0.15) is 0 Å². The van der Waals surface area contributed by atoms with E-state index in [0.29, 0.717) is 11.4 Å². The molecule has 2 aromatic rings. The molecule has 1 atom stereocenters. The average molecular weight is 338 g/mol. The SMILES string of the molecule is Cc1ccc(S(=O)(=O)C[C@@H](C)NCc2nc(C)sc2C)cc1. The summed E-state index contributed by atoms with van der Waals surface area (Å²) in [6.45, 7) is 8.45. The molecule has 0 saturated carbocycles. The van der Waals surface area contributed by atoms with Crippen LogP contribution in [-0.2, 0) is 16.4 Å². The van der Waals surface area contributed by atoms with Crippen LogP contribution in [0.2, 0.25) is 0 Å². The van der Waals surface area contributed by atoms with Crippen LogP contribution in [0.1, 0.15) is 28.1 Å². The van der Waals surface area contributed by atoms with Crippen LogP contribution in [0.5, 0.6) is 0 Å². The van der Waals surface area contributed by atoms with Crippen molar-refractivity contribution in [2.24, 2.45) is 0 Å². The standard InChI is InChI=1S/C16H22N2O2S2/c1-11-5-7-15(8-6-11)22(19,20)10-12(2)17-9-16-13(3)21-14(4)18-16/h5-8,12,17H,9-10H2,1-4H3/t12-/m1/s1. The van der Waals surface area contributed by atoms with Crippen molar-refractivity contribution in [2.45, 2.75) is 45.2 Å². The van der Waals surface area contributed by atoms with Gasteiger partial charge in [0.05, 0.1) is 21.3 Å². The molecule has 120 valence electrons. The number of thiazole rings is 1. The van der Waals surface area contributed by atoms with Crippen molar-refractivity contribution in [3.63, 3.8) is 0 Å². The van der Waals surface area contributed by atoms with Crippen LogP contribution in [0.15, 0.2) is 29.2 Å². The summed E-state index contributed by atoms with van der Waals surface area (Å²) in [5, 5.41) is 4.29. The highest BCUT2D eigenvalue weighted by molar-refractivity contribution is 7.91. The van der Waals surface area contributed by atoms with E-state index in [0.717, 1.165) is 16.3 Å². The van der Waals surface area contributed by atoms with Crippen LogP contribution in [0.4, 0.5) is 0 Å². The van der Waals surface area contributed by atoms with Gasteiger partial charge in [0.15, 0.2) is 9.84 Å². The number of hydrogen-bond acceptors (Lipinski definition) is 5. The smallest absolute Gasteiger partial charge is 0.179 e. The first-order valence-electron chi connectivity index (χ1n) is 7.23. The Morgan fingerprint density at radius 3 is 2.36 bits per heavy atom. The zero-order valence-corrected chi connectivity index (χ0v) is 15.0. The maximum atomic E-state index is 12.4. The lowest BCUT2D eigenvalue weighted by molar-refractivity contribution is 0.553. The molecular weight excluding hydrogens is 316 g/mol. The summed E-state index contributed by atoms with van der Waals surface area (Å²) in [6, 6.07) is 6.86. The molecule has 0 radical (unpaired) electrons. The molecule has 0 aliphatic heterocycles. The topological polar surface area (TPSA) is 59.1 Å². The second kappa shape index (κ2) is 6.89. The van der Waals surface area contributed by atoms with Gasteiger partial charge in [-0.3, -0.25) is 0 Å². The minimum atomic E-state index is -3.27. The van der Waals surface area contributed by atoms with E-state index >= 15 is 0 Å². The number of nitrogens with zero attached hydrogens (tertiary/aromatic N) is 1. The van der Waals surface area contributed by atoms with E-state index < -0.39 is 9.84 Å². The molecule has 0 fully saturated rings. The monoisotopic (exact) mass is 338 g/mol. The van der Waals surface area contributed by atoms with Crippen molar-refractivity contribution in [3.8, 4) is 0 Å². The first-order valence-corrected chi connectivity index (χ1v) is 9.70. The number of nitrogens with one attached hydrogen (secondary N) is 1. The molecule has 0 saturated heterocycles. The third kappa shape index (κ3) is 4.38. The van der Waals surface area contributed by atoms with Gasteiger partial charge in [-0.2, -0.15) is 0 Å². The fourth-order valence-corrected chi connectivity index (χ4v) is 4.59. The Bertz CT molecular complexity index is 734. The molecule has 1 N–H and O–H groups in total. The quantitative estimate of drug-likeness (QED) is 0.879. The molecule has 0 amide bonds. The van der Waals surface area contributed by atoms with E-state index in [4.69, 9.17) is 0 Å². The summed E-state index contributed by atoms with van der Waals surface area (Å²) in [7, 11) is -3.27. The van der Waals surface area contributed by atoms with Crippen LogP contribution in [0.3, 0.4) is 0 Å². The van der Waals surface area contributed by atoms with Gasteiger partial charge in [0, 0.05) is 17.5 Å². The van der Waals surface area contributed by atoms with Crippen LogP contribution in [-0.4, -0.2) is 25.2 Å². The summed E-state index contributed by atoms with van der Waals surface area (Å²) < 4.78 is 24.8. The molecular formula is C16H22N2O2S2. The lowest BCUT2D eigenvalue weighted by Gasteiger charge is -2.14. The fourth-order valence-electron chi connectivity index (χ4n) is 2.24. The van der Waals surface area contributed by atoms with Crippen LogP contribution < -0.4 is 5.32 Å². The van der Waals surface area contributed by atoms with Crippen LogP contribution in [0, 0.1) is 20.8 Å². The first-order chi connectivity index (χ1) is 10.3. The minimum absolute atomic E-state index is 0.0816. The van der Waals surface area contributed by atoms with E-state index in [2.05, 4.69) is 10.3 Å². The molecule has 2 rings (SSSR count). The summed E-state index contributed by atoms with van der Waals surface area (Å²) in [4.78, 5) is 6.01. The van der Waals surface area contributed by atoms with Gasteiger partial charge in [-0.1, -0.05) is 17.7 Å². The molecule has 0 aliphatic carbocycles. The third-order valence-electron chi connectivity index (χ3n) is 3.47. The van der Waals surface area contributed by atoms with Gasteiger partial charge >= 0.3 is 0 Å². The van der Waals surface area contributed by atoms with E-state index in [1.165, 1.54) is 4.88 Å². The molecule has 0 spiro atoms. The number of aromatic nitrogens is 1. The predicted molar refractivity (Wildman–Crippen MR) is 91.1 cm³/mol. The molecule has 0 bridgehead atoms. The number of aryl methyl sites for hydroxylation is 3. The van der Waals surface area contributed by atoms with Gasteiger partial charge in [-0.15, -0.1) is 11.3 Å². The highest BCUT2D eigenvalue weighted by Gasteiger charge is 2.18. The average Bonchev–Trinajstić information content (AvgIpc) is 2.74. The highest BCUT2D eigenvalue weighted by atomic mass is 32.2. The highest BCUT2D eigenvalue weighted by Crippen LogP contribution is 2.17. The van der Waals surface area contributed by atoms with E-state index in [1.807, 2.05) is 39.8 Å². The van der Waals surface area contributed by atoms with Crippen LogP contribution in [0.25, 0.3) is 0 Å². The Kier molecular flexibility index (Phi) is 5.36. The number of benzene rings is 1. The lowest BCUT2D eigenvalue weighted by atomic mass is 10.2. The molecule has 0 aliphatic rings. The second-order valence-corrected chi connectivity index (χ2v) is 9.05. The minimum Gasteiger partial charge on any atom is -0.308 e.